The Morgan fingerprint density at radius 2 is 2.08 bits per heavy atom. The molecule has 4 nitrogen and oxygen atoms in total. The molecular weight excluding hydrogens is 309 g/mol. The fourth-order valence-corrected chi connectivity index (χ4v) is 2.94. The Morgan fingerprint density at radius 1 is 1.33 bits per heavy atom. The average Bonchev–Trinajstić information content (AvgIpc) is 3.40. The van der Waals surface area contributed by atoms with Crippen LogP contribution in [0.15, 0.2) is 48.5 Å². The number of carbonyl (C=O) groups is 1. The van der Waals surface area contributed by atoms with Gasteiger partial charge >= 0.3 is 0 Å². The van der Waals surface area contributed by atoms with Gasteiger partial charge in [-0.15, -0.1) is 0 Å². The SMILES string of the molecule is COc1ccc([C@H](CO)NC(=O)[C@H]2C[C@@H]2c2cccc(F)c2)cc1. The first-order valence-electron chi connectivity index (χ1n) is 7.93. The molecule has 0 aromatic heterocycles. The summed E-state index contributed by atoms with van der Waals surface area (Å²) in [4.78, 5) is 12.4. The summed E-state index contributed by atoms with van der Waals surface area (Å²) >= 11 is 0. The van der Waals surface area contributed by atoms with Crippen molar-refractivity contribution in [2.45, 2.75) is 18.4 Å². The lowest BCUT2D eigenvalue weighted by atomic mass is 10.1. The minimum absolute atomic E-state index is 0.0518. The lowest BCUT2D eigenvalue weighted by Gasteiger charge is -2.17. The number of hydrogen-bond acceptors (Lipinski definition) is 3. The van der Waals surface area contributed by atoms with Crippen molar-refractivity contribution in [1.82, 2.24) is 5.32 Å². The first-order valence-corrected chi connectivity index (χ1v) is 7.93. The summed E-state index contributed by atoms with van der Waals surface area (Å²) in [6.07, 6.45) is 0.704. The van der Waals surface area contributed by atoms with Crippen molar-refractivity contribution in [3.05, 3.63) is 65.5 Å². The van der Waals surface area contributed by atoms with E-state index in [2.05, 4.69) is 5.32 Å². The molecule has 1 aliphatic carbocycles. The summed E-state index contributed by atoms with van der Waals surface area (Å²) in [5.41, 5.74) is 1.66. The third-order valence-corrected chi connectivity index (χ3v) is 4.42. The number of benzene rings is 2. The van der Waals surface area contributed by atoms with Gasteiger partial charge in [0.2, 0.25) is 5.91 Å². The second kappa shape index (κ2) is 7.01. The molecule has 3 rings (SSSR count). The molecule has 24 heavy (non-hydrogen) atoms. The van der Waals surface area contributed by atoms with Crippen LogP contribution in [0, 0.1) is 11.7 Å². The molecule has 2 aromatic carbocycles. The molecule has 3 atom stereocenters. The van der Waals surface area contributed by atoms with E-state index in [9.17, 15) is 14.3 Å². The molecule has 0 aliphatic heterocycles. The van der Waals surface area contributed by atoms with Crippen LogP contribution in [0.2, 0.25) is 0 Å². The van der Waals surface area contributed by atoms with Crippen molar-refractivity contribution in [1.29, 1.82) is 0 Å². The van der Waals surface area contributed by atoms with Gasteiger partial charge in [0.15, 0.2) is 0 Å². The number of methoxy groups -OCH3 is 1. The Labute approximate surface area is 140 Å². The maximum atomic E-state index is 13.3. The van der Waals surface area contributed by atoms with Gasteiger partial charge in [0.25, 0.3) is 0 Å². The highest BCUT2D eigenvalue weighted by Gasteiger charge is 2.44. The number of aliphatic hydroxyl groups excluding tert-OH is 1. The van der Waals surface area contributed by atoms with E-state index in [0.717, 1.165) is 16.9 Å². The second-order valence-corrected chi connectivity index (χ2v) is 6.02. The van der Waals surface area contributed by atoms with Crippen molar-refractivity contribution in [3.63, 3.8) is 0 Å². The van der Waals surface area contributed by atoms with Gasteiger partial charge in [-0.25, -0.2) is 4.39 Å². The molecule has 0 spiro atoms. The Morgan fingerprint density at radius 3 is 2.71 bits per heavy atom. The van der Waals surface area contributed by atoms with Crippen LogP contribution in [-0.4, -0.2) is 24.7 Å². The third kappa shape index (κ3) is 3.57. The summed E-state index contributed by atoms with van der Waals surface area (Å²) in [6, 6.07) is 13.1. The minimum Gasteiger partial charge on any atom is -0.497 e. The van der Waals surface area contributed by atoms with E-state index in [1.54, 1.807) is 25.3 Å². The molecule has 2 aromatic rings. The summed E-state index contributed by atoms with van der Waals surface area (Å²) < 4.78 is 18.4. The molecule has 5 heteroatoms. The van der Waals surface area contributed by atoms with Gasteiger partial charge in [0.1, 0.15) is 11.6 Å². The van der Waals surface area contributed by atoms with Crippen LogP contribution in [0.4, 0.5) is 4.39 Å². The van der Waals surface area contributed by atoms with Gasteiger partial charge in [0, 0.05) is 5.92 Å². The summed E-state index contributed by atoms with van der Waals surface area (Å²) in [6.45, 7) is -0.185. The Hall–Kier alpha value is -2.40. The van der Waals surface area contributed by atoms with Crippen molar-refractivity contribution in [3.8, 4) is 5.75 Å². The normalized spacial score (nSPS) is 20.3. The average molecular weight is 329 g/mol. The lowest BCUT2D eigenvalue weighted by molar-refractivity contribution is -0.123. The molecule has 1 amide bonds. The van der Waals surface area contributed by atoms with E-state index in [1.807, 2.05) is 18.2 Å². The van der Waals surface area contributed by atoms with E-state index in [1.165, 1.54) is 12.1 Å². The van der Waals surface area contributed by atoms with Gasteiger partial charge in [-0.05, 0) is 47.7 Å². The highest BCUT2D eigenvalue weighted by atomic mass is 19.1. The van der Waals surface area contributed by atoms with Crippen LogP contribution in [0.1, 0.15) is 29.5 Å². The molecule has 0 saturated heterocycles. The lowest BCUT2D eigenvalue weighted by Crippen LogP contribution is -2.32. The first kappa shape index (κ1) is 16.5. The van der Waals surface area contributed by atoms with E-state index >= 15 is 0 Å². The third-order valence-electron chi connectivity index (χ3n) is 4.42. The zero-order valence-electron chi connectivity index (χ0n) is 13.4. The molecule has 0 radical (unpaired) electrons. The van der Waals surface area contributed by atoms with Crippen LogP contribution in [0.25, 0.3) is 0 Å². The standard InChI is InChI=1S/C19H20FNO3/c1-24-15-7-5-12(6-8-15)18(11-22)21-19(23)17-10-16(17)13-3-2-4-14(20)9-13/h2-9,16-18,22H,10-11H2,1H3,(H,21,23)/t16-,17+,18+/m1/s1. The number of aliphatic hydroxyl groups is 1. The van der Waals surface area contributed by atoms with Crippen molar-refractivity contribution in [2.75, 3.05) is 13.7 Å². The fraction of sp³-hybridized carbons (Fsp3) is 0.316. The quantitative estimate of drug-likeness (QED) is 0.857. The van der Waals surface area contributed by atoms with Crippen LogP contribution < -0.4 is 10.1 Å². The van der Waals surface area contributed by atoms with E-state index in [-0.39, 0.29) is 30.2 Å². The number of amides is 1. The second-order valence-electron chi connectivity index (χ2n) is 6.02. The molecule has 0 unspecified atom stereocenters. The molecule has 2 N–H and O–H groups in total. The maximum Gasteiger partial charge on any atom is 0.224 e. The largest absolute Gasteiger partial charge is 0.497 e. The first-order chi connectivity index (χ1) is 11.6. The van der Waals surface area contributed by atoms with Crippen LogP contribution in [-0.2, 0) is 4.79 Å². The fourth-order valence-electron chi connectivity index (χ4n) is 2.94. The van der Waals surface area contributed by atoms with Crippen molar-refractivity contribution in [2.24, 2.45) is 5.92 Å². The van der Waals surface area contributed by atoms with Crippen LogP contribution in [0.3, 0.4) is 0 Å². The predicted molar refractivity (Wildman–Crippen MR) is 88.2 cm³/mol. The summed E-state index contributed by atoms with van der Waals surface area (Å²) in [5, 5.41) is 12.5. The van der Waals surface area contributed by atoms with Gasteiger partial charge in [0.05, 0.1) is 19.8 Å². The monoisotopic (exact) mass is 329 g/mol. The molecule has 0 heterocycles. The Bertz CT molecular complexity index is 717. The maximum absolute atomic E-state index is 13.3. The topological polar surface area (TPSA) is 58.6 Å². The molecular formula is C19H20FNO3. The Kier molecular flexibility index (Phi) is 4.81. The molecule has 0 bridgehead atoms. The summed E-state index contributed by atoms with van der Waals surface area (Å²) in [5.74, 6) is 0.203. The number of hydrogen-bond donors (Lipinski definition) is 2. The molecule has 1 saturated carbocycles. The highest BCUT2D eigenvalue weighted by Crippen LogP contribution is 2.47. The summed E-state index contributed by atoms with van der Waals surface area (Å²) in [7, 11) is 1.58. The van der Waals surface area contributed by atoms with Gasteiger partial charge < -0.3 is 15.2 Å². The van der Waals surface area contributed by atoms with Gasteiger partial charge in [-0.1, -0.05) is 24.3 Å². The number of nitrogens with one attached hydrogen (secondary N) is 1. The zero-order chi connectivity index (χ0) is 17.1. The number of ether oxygens (including phenoxy) is 1. The van der Waals surface area contributed by atoms with Crippen molar-refractivity contribution < 1.29 is 19.0 Å². The Balaban J connectivity index is 1.63. The van der Waals surface area contributed by atoms with E-state index in [0.29, 0.717) is 6.42 Å². The predicted octanol–water partition coefficient (Wildman–Crippen LogP) is 2.79. The van der Waals surface area contributed by atoms with E-state index < -0.39 is 6.04 Å². The zero-order valence-corrected chi connectivity index (χ0v) is 13.4. The van der Waals surface area contributed by atoms with Crippen LogP contribution in [0.5, 0.6) is 5.75 Å². The van der Waals surface area contributed by atoms with Gasteiger partial charge in [-0.2, -0.15) is 0 Å². The molecule has 126 valence electrons. The number of halogens is 1. The van der Waals surface area contributed by atoms with Crippen molar-refractivity contribution >= 4 is 5.91 Å². The molecule has 1 fully saturated rings. The van der Waals surface area contributed by atoms with Crippen LogP contribution >= 0.6 is 0 Å². The number of carbonyl (C=O) groups excluding carboxylic acids is 1. The van der Waals surface area contributed by atoms with Gasteiger partial charge in [-0.3, -0.25) is 4.79 Å². The van der Waals surface area contributed by atoms with E-state index in [4.69, 9.17) is 4.74 Å². The molecule has 1 aliphatic rings. The minimum atomic E-state index is -0.461. The highest BCUT2D eigenvalue weighted by molar-refractivity contribution is 5.83. The smallest absolute Gasteiger partial charge is 0.224 e. The number of rotatable bonds is 6.